The molecule has 134 valence electrons. The number of tetrazole rings is 1. The standard InChI is InChI=1S/C16H13BrClN5O3/c1-25-14-7-15(26-2)12(6-11(14)18)20-16(24)10-5-9(17)3-4-13(10)23-8-19-21-22-23/h3-8H,1-2H3,(H,20,24). The summed E-state index contributed by atoms with van der Waals surface area (Å²) in [5.41, 5.74) is 1.29. The monoisotopic (exact) mass is 437 g/mol. The van der Waals surface area contributed by atoms with E-state index in [-0.39, 0.29) is 5.91 Å². The van der Waals surface area contributed by atoms with E-state index in [1.54, 1.807) is 30.3 Å². The average molecular weight is 439 g/mol. The maximum absolute atomic E-state index is 12.9. The first-order valence-corrected chi connectivity index (χ1v) is 8.46. The topological polar surface area (TPSA) is 91.2 Å². The van der Waals surface area contributed by atoms with Crippen LogP contribution in [0.25, 0.3) is 5.69 Å². The second kappa shape index (κ2) is 7.71. The first-order valence-electron chi connectivity index (χ1n) is 7.29. The van der Waals surface area contributed by atoms with Gasteiger partial charge in [-0.15, -0.1) is 5.10 Å². The van der Waals surface area contributed by atoms with Crippen LogP contribution in [0, 0.1) is 0 Å². The van der Waals surface area contributed by atoms with Gasteiger partial charge in [-0.3, -0.25) is 4.79 Å². The van der Waals surface area contributed by atoms with E-state index in [9.17, 15) is 4.79 Å². The average Bonchev–Trinajstić information content (AvgIpc) is 3.16. The predicted molar refractivity (Wildman–Crippen MR) is 99.4 cm³/mol. The summed E-state index contributed by atoms with van der Waals surface area (Å²) < 4.78 is 12.6. The third-order valence-electron chi connectivity index (χ3n) is 3.52. The van der Waals surface area contributed by atoms with Gasteiger partial charge in [0.2, 0.25) is 0 Å². The Kier molecular flexibility index (Phi) is 5.38. The molecule has 0 saturated heterocycles. The zero-order valence-corrected chi connectivity index (χ0v) is 16.1. The van der Waals surface area contributed by atoms with E-state index in [2.05, 4.69) is 36.8 Å². The fraction of sp³-hybridized carbons (Fsp3) is 0.125. The number of halogens is 2. The van der Waals surface area contributed by atoms with Crippen molar-refractivity contribution < 1.29 is 14.3 Å². The van der Waals surface area contributed by atoms with Crippen molar-refractivity contribution in [3.05, 3.63) is 51.7 Å². The van der Waals surface area contributed by atoms with Crippen molar-refractivity contribution >= 4 is 39.1 Å². The normalized spacial score (nSPS) is 10.5. The predicted octanol–water partition coefficient (Wildman–Crippen LogP) is 3.35. The highest BCUT2D eigenvalue weighted by Gasteiger charge is 2.18. The molecule has 0 atom stereocenters. The quantitative estimate of drug-likeness (QED) is 0.657. The number of methoxy groups -OCH3 is 2. The summed E-state index contributed by atoms with van der Waals surface area (Å²) in [5, 5.41) is 14.2. The molecule has 26 heavy (non-hydrogen) atoms. The van der Waals surface area contributed by atoms with Gasteiger partial charge in [0.05, 0.1) is 36.2 Å². The molecule has 8 nitrogen and oxygen atoms in total. The van der Waals surface area contributed by atoms with Gasteiger partial charge in [0, 0.05) is 10.5 Å². The van der Waals surface area contributed by atoms with Gasteiger partial charge < -0.3 is 14.8 Å². The van der Waals surface area contributed by atoms with Gasteiger partial charge >= 0.3 is 0 Å². The van der Waals surface area contributed by atoms with Crippen LogP contribution in [0.2, 0.25) is 5.02 Å². The van der Waals surface area contributed by atoms with Gasteiger partial charge in [-0.05, 0) is 34.7 Å². The van der Waals surface area contributed by atoms with Crippen molar-refractivity contribution in [2.75, 3.05) is 19.5 Å². The highest BCUT2D eigenvalue weighted by atomic mass is 79.9. The Morgan fingerprint density at radius 1 is 1.19 bits per heavy atom. The fourth-order valence-corrected chi connectivity index (χ4v) is 2.91. The Morgan fingerprint density at radius 3 is 2.62 bits per heavy atom. The van der Waals surface area contributed by atoms with Crippen molar-refractivity contribution in [1.82, 2.24) is 20.2 Å². The molecule has 3 rings (SSSR count). The molecule has 1 aromatic heterocycles. The molecular formula is C16H13BrClN5O3. The minimum Gasteiger partial charge on any atom is -0.495 e. The number of rotatable bonds is 5. The van der Waals surface area contributed by atoms with Gasteiger partial charge in [-0.25, -0.2) is 0 Å². The Bertz CT molecular complexity index is 949. The first kappa shape index (κ1) is 18.2. The van der Waals surface area contributed by atoms with E-state index in [1.165, 1.54) is 25.2 Å². The molecule has 0 aliphatic rings. The number of ether oxygens (including phenoxy) is 2. The summed E-state index contributed by atoms with van der Waals surface area (Å²) in [6.45, 7) is 0. The van der Waals surface area contributed by atoms with Crippen molar-refractivity contribution in [3.63, 3.8) is 0 Å². The number of hydrogen-bond acceptors (Lipinski definition) is 6. The summed E-state index contributed by atoms with van der Waals surface area (Å²) in [4.78, 5) is 12.9. The number of carbonyl (C=O) groups excluding carboxylic acids is 1. The molecule has 0 bridgehead atoms. The summed E-state index contributed by atoms with van der Waals surface area (Å²) in [7, 11) is 2.99. The van der Waals surface area contributed by atoms with Crippen LogP contribution >= 0.6 is 27.5 Å². The van der Waals surface area contributed by atoms with Crippen molar-refractivity contribution in [3.8, 4) is 17.2 Å². The van der Waals surface area contributed by atoms with Crippen LogP contribution in [0.4, 0.5) is 5.69 Å². The van der Waals surface area contributed by atoms with Crippen LogP contribution < -0.4 is 14.8 Å². The molecule has 1 amide bonds. The molecule has 0 unspecified atom stereocenters. The number of nitrogens with zero attached hydrogens (tertiary/aromatic N) is 4. The number of benzene rings is 2. The molecule has 2 aromatic carbocycles. The van der Waals surface area contributed by atoms with E-state index in [0.717, 1.165) is 4.47 Å². The third-order valence-corrected chi connectivity index (χ3v) is 4.31. The molecule has 3 aromatic rings. The summed E-state index contributed by atoms with van der Waals surface area (Å²) in [6, 6.07) is 8.35. The van der Waals surface area contributed by atoms with Crippen LogP contribution in [0.1, 0.15) is 10.4 Å². The van der Waals surface area contributed by atoms with Gasteiger partial charge in [0.25, 0.3) is 5.91 Å². The highest BCUT2D eigenvalue weighted by molar-refractivity contribution is 9.10. The molecule has 10 heteroatoms. The van der Waals surface area contributed by atoms with E-state index < -0.39 is 0 Å². The minimum atomic E-state index is -0.378. The summed E-state index contributed by atoms with van der Waals surface area (Å²) >= 11 is 9.52. The number of anilines is 1. The van der Waals surface area contributed by atoms with E-state index in [1.807, 2.05) is 0 Å². The number of amides is 1. The molecule has 0 aliphatic heterocycles. The molecule has 0 spiro atoms. The van der Waals surface area contributed by atoms with Crippen LogP contribution in [0.15, 0.2) is 41.1 Å². The second-order valence-corrected chi connectivity index (χ2v) is 6.38. The number of aromatic nitrogens is 4. The lowest BCUT2D eigenvalue weighted by molar-refractivity contribution is 0.102. The van der Waals surface area contributed by atoms with Crippen LogP contribution in [-0.2, 0) is 0 Å². The van der Waals surface area contributed by atoms with Crippen LogP contribution in [0.3, 0.4) is 0 Å². The lowest BCUT2D eigenvalue weighted by Gasteiger charge is -2.14. The number of carbonyl (C=O) groups is 1. The summed E-state index contributed by atoms with van der Waals surface area (Å²) in [6.07, 6.45) is 1.41. The Hall–Kier alpha value is -2.65. The van der Waals surface area contributed by atoms with Crippen LogP contribution in [-0.4, -0.2) is 40.3 Å². The van der Waals surface area contributed by atoms with E-state index in [0.29, 0.717) is 33.5 Å². The third kappa shape index (κ3) is 3.63. The van der Waals surface area contributed by atoms with Crippen molar-refractivity contribution in [2.24, 2.45) is 0 Å². The summed E-state index contributed by atoms with van der Waals surface area (Å²) in [5.74, 6) is 0.480. The molecule has 0 fully saturated rings. The number of hydrogen-bond donors (Lipinski definition) is 1. The van der Waals surface area contributed by atoms with Gasteiger partial charge in [-0.2, -0.15) is 4.68 Å². The Balaban J connectivity index is 1.99. The molecule has 1 N–H and O–H groups in total. The maximum Gasteiger partial charge on any atom is 0.258 e. The lowest BCUT2D eigenvalue weighted by atomic mass is 10.1. The maximum atomic E-state index is 12.9. The lowest BCUT2D eigenvalue weighted by Crippen LogP contribution is -2.16. The Morgan fingerprint density at radius 2 is 1.96 bits per heavy atom. The van der Waals surface area contributed by atoms with Gasteiger partial charge in [0.1, 0.15) is 17.8 Å². The number of nitrogens with one attached hydrogen (secondary N) is 1. The smallest absolute Gasteiger partial charge is 0.258 e. The van der Waals surface area contributed by atoms with Gasteiger partial charge in [-0.1, -0.05) is 27.5 Å². The molecular weight excluding hydrogens is 426 g/mol. The SMILES string of the molecule is COc1cc(OC)c(NC(=O)c2cc(Br)ccc2-n2cnnn2)cc1Cl. The Labute approximate surface area is 162 Å². The van der Waals surface area contributed by atoms with Gasteiger partial charge in [0.15, 0.2) is 0 Å². The largest absolute Gasteiger partial charge is 0.495 e. The molecule has 0 radical (unpaired) electrons. The molecule has 0 aliphatic carbocycles. The second-order valence-electron chi connectivity index (χ2n) is 5.06. The highest BCUT2D eigenvalue weighted by Crippen LogP contribution is 2.36. The molecule has 1 heterocycles. The van der Waals surface area contributed by atoms with E-state index in [4.69, 9.17) is 21.1 Å². The van der Waals surface area contributed by atoms with Crippen LogP contribution in [0.5, 0.6) is 11.5 Å². The van der Waals surface area contributed by atoms with Crippen molar-refractivity contribution in [2.45, 2.75) is 0 Å². The first-order chi connectivity index (χ1) is 12.5. The van der Waals surface area contributed by atoms with E-state index >= 15 is 0 Å². The minimum absolute atomic E-state index is 0.346. The molecule has 0 saturated carbocycles. The fourth-order valence-electron chi connectivity index (χ4n) is 2.31. The van der Waals surface area contributed by atoms with Crippen molar-refractivity contribution in [1.29, 1.82) is 0 Å². The zero-order chi connectivity index (χ0) is 18.7. The zero-order valence-electron chi connectivity index (χ0n) is 13.7.